The highest BCUT2D eigenvalue weighted by Gasteiger charge is 2.09. The van der Waals surface area contributed by atoms with E-state index in [4.69, 9.17) is 0 Å². The highest BCUT2D eigenvalue weighted by molar-refractivity contribution is 9.10. The van der Waals surface area contributed by atoms with E-state index in [1.54, 1.807) is 0 Å². The quantitative estimate of drug-likeness (QED) is 0.821. The van der Waals surface area contributed by atoms with E-state index < -0.39 is 0 Å². The third-order valence-corrected chi connectivity index (χ3v) is 3.49. The largest absolute Gasteiger partial charge is 0.357 e. The first-order chi connectivity index (χ1) is 7.74. The Bertz CT molecular complexity index is 488. The van der Waals surface area contributed by atoms with Crippen LogP contribution >= 0.6 is 15.9 Å². The van der Waals surface area contributed by atoms with Gasteiger partial charge in [-0.15, -0.1) is 0 Å². The van der Waals surface area contributed by atoms with E-state index in [-0.39, 0.29) is 0 Å². The number of aryl methyl sites for hydroxylation is 1. The number of aromatic amines is 1. The topological polar surface area (TPSA) is 27.8 Å². The molecule has 16 heavy (non-hydrogen) atoms. The van der Waals surface area contributed by atoms with Crippen LogP contribution in [0.15, 0.2) is 22.7 Å². The predicted molar refractivity (Wildman–Crippen MR) is 72.7 cm³/mol. The Morgan fingerprint density at radius 2 is 2.19 bits per heavy atom. The number of aromatic nitrogens is 1. The van der Waals surface area contributed by atoms with E-state index in [2.05, 4.69) is 58.3 Å². The molecule has 0 amide bonds. The van der Waals surface area contributed by atoms with Crippen LogP contribution < -0.4 is 5.32 Å². The van der Waals surface area contributed by atoms with Crippen molar-refractivity contribution in [3.63, 3.8) is 0 Å². The van der Waals surface area contributed by atoms with Crippen molar-refractivity contribution in [1.82, 2.24) is 10.3 Å². The number of hydrogen-bond acceptors (Lipinski definition) is 1. The Morgan fingerprint density at radius 3 is 2.94 bits per heavy atom. The van der Waals surface area contributed by atoms with Crippen molar-refractivity contribution in [3.05, 3.63) is 33.9 Å². The number of hydrogen-bond donors (Lipinski definition) is 2. The van der Waals surface area contributed by atoms with E-state index in [1.807, 2.05) is 0 Å². The molecular formula is C13H17BrN2. The molecule has 2 N–H and O–H groups in total. The summed E-state index contributed by atoms with van der Waals surface area (Å²) >= 11 is 3.57. The molecule has 0 unspecified atom stereocenters. The van der Waals surface area contributed by atoms with Crippen molar-refractivity contribution in [2.24, 2.45) is 0 Å². The number of para-hydroxylation sites is 1. The molecule has 0 radical (unpaired) electrons. The summed E-state index contributed by atoms with van der Waals surface area (Å²) in [4.78, 5) is 3.44. The molecule has 0 saturated carbocycles. The molecule has 0 aliphatic carbocycles. The third-order valence-electron chi connectivity index (χ3n) is 2.83. The molecule has 0 saturated heterocycles. The molecule has 1 heterocycles. The minimum absolute atomic E-state index is 0.941. The molecule has 86 valence electrons. The lowest BCUT2D eigenvalue weighted by Gasteiger charge is -2.03. The predicted octanol–water partition coefficient (Wildman–Crippen LogP) is 3.74. The van der Waals surface area contributed by atoms with Gasteiger partial charge in [0.15, 0.2) is 0 Å². The van der Waals surface area contributed by atoms with Crippen LogP contribution in [0.5, 0.6) is 0 Å². The van der Waals surface area contributed by atoms with Gasteiger partial charge in [0.1, 0.15) is 0 Å². The second-order valence-electron chi connectivity index (χ2n) is 4.07. The normalized spacial score (nSPS) is 11.2. The fraction of sp³-hybridized carbons (Fsp3) is 0.385. The summed E-state index contributed by atoms with van der Waals surface area (Å²) in [6.07, 6.45) is 1.17. The van der Waals surface area contributed by atoms with Gasteiger partial charge in [0.25, 0.3) is 0 Å². The second kappa shape index (κ2) is 5.02. The molecule has 2 nitrogen and oxygen atoms in total. The molecule has 1 aromatic heterocycles. The summed E-state index contributed by atoms with van der Waals surface area (Å²) in [6, 6.07) is 6.33. The van der Waals surface area contributed by atoms with Crippen molar-refractivity contribution in [1.29, 1.82) is 0 Å². The van der Waals surface area contributed by atoms with E-state index in [1.165, 1.54) is 28.6 Å². The van der Waals surface area contributed by atoms with E-state index in [0.717, 1.165) is 17.6 Å². The van der Waals surface area contributed by atoms with Crippen LogP contribution in [0.25, 0.3) is 10.9 Å². The molecule has 0 atom stereocenters. The molecule has 0 aliphatic rings. The molecule has 0 aliphatic heterocycles. The van der Waals surface area contributed by atoms with Gasteiger partial charge in [0.2, 0.25) is 0 Å². The Hall–Kier alpha value is -0.800. The van der Waals surface area contributed by atoms with Gasteiger partial charge in [-0.2, -0.15) is 0 Å². The number of benzene rings is 1. The maximum atomic E-state index is 3.57. The Balaban J connectivity index is 2.36. The highest BCUT2D eigenvalue weighted by atomic mass is 79.9. The zero-order valence-corrected chi connectivity index (χ0v) is 11.3. The standard InChI is InChI=1S/C13H17BrN2/c1-3-7-15-8-11-9(2)16-13-10(11)5-4-6-12(13)14/h4-6,15-16H,3,7-8H2,1-2H3. The van der Waals surface area contributed by atoms with Gasteiger partial charge < -0.3 is 10.3 Å². The molecule has 0 fully saturated rings. The van der Waals surface area contributed by atoms with Crippen LogP contribution in [0.4, 0.5) is 0 Å². The van der Waals surface area contributed by atoms with Crippen LogP contribution in [0.1, 0.15) is 24.6 Å². The van der Waals surface area contributed by atoms with Gasteiger partial charge in [-0.1, -0.05) is 19.1 Å². The van der Waals surface area contributed by atoms with Gasteiger partial charge in [0.05, 0.1) is 5.52 Å². The summed E-state index contributed by atoms with van der Waals surface area (Å²) in [6.45, 7) is 6.33. The lowest BCUT2D eigenvalue weighted by molar-refractivity contribution is 0.675. The van der Waals surface area contributed by atoms with Crippen molar-refractivity contribution in [3.8, 4) is 0 Å². The molecule has 0 bridgehead atoms. The molecule has 3 heteroatoms. The lowest BCUT2D eigenvalue weighted by atomic mass is 10.1. The summed E-state index contributed by atoms with van der Waals surface area (Å²) in [5.74, 6) is 0. The summed E-state index contributed by atoms with van der Waals surface area (Å²) in [5, 5.41) is 4.77. The van der Waals surface area contributed by atoms with Gasteiger partial charge in [-0.3, -0.25) is 0 Å². The number of H-pyrrole nitrogens is 1. The fourth-order valence-corrected chi connectivity index (χ4v) is 2.45. The Kier molecular flexibility index (Phi) is 3.66. The van der Waals surface area contributed by atoms with Gasteiger partial charge >= 0.3 is 0 Å². The van der Waals surface area contributed by atoms with Crippen molar-refractivity contribution in [2.75, 3.05) is 6.54 Å². The van der Waals surface area contributed by atoms with Crippen LogP contribution in [0.2, 0.25) is 0 Å². The van der Waals surface area contributed by atoms with Gasteiger partial charge in [-0.25, -0.2) is 0 Å². The summed E-state index contributed by atoms with van der Waals surface area (Å²) in [5.41, 5.74) is 3.84. The first-order valence-electron chi connectivity index (χ1n) is 5.70. The minimum Gasteiger partial charge on any atom is -0.357 e. The molecule has 0 spiro atoms. The van der Waals surface area contributed by atoms with E-state index >= 15 is 0 Å². The van der Waals surface area contributed by atoms with E-state index in [9.17, 15) is 0 Å². The first-order valence-corrected chi connectivity index (χ1v) is 6.49. The van der Waals surface area contributed by atoms with Crippen molar-refractivity contribution >= 4 is 26.8 Å². The number of nitrogens with one attached hydrogen (secondary N) is 2. The monoisotopic (exact) mass is 280 g/mol. The average molecular weight is 281 g/mol. The third kappa shape index (κ3) is 2.15. The molecule has 2 aromatic rings. The summed E-state index contributed by atoms with van der Waals surface area (Å²) < 4.78 is 1.13. The Morgan fingerprint density at radius 1 is 1.38 bits per heavy atom. The van der Waals surface area contributed by atoms with Gasteiger partial charge in [-0.05, 0) is 47.4 Å². The number of halogens is 1. The lowest BCUT2D eigenvalue weighted by Crippen LogP contribution is -2.14. The zero-order valence-electron chi connectivity index (χ0n) is 9.73. The average Bonchev–Trinajstić information content (AvgIpc) is 2.58. The Labute approximate surface area is 105 Å². The number of rotatable bonds is 4. The van der Waals surface area contributed by atoms with Crippen LogP contribution in [0.3, 0.4) is 0 Å². The fourth-order valence-electron chi connectivity index (χ4n) is 1.99. The van der Waals surface area contributed by atoms with E-state index in [0.29, 0.717) is 0 Å². The smallest absolute Gasteiger partial charge is 0.0603 e. The summed E-state index contributed by atoms with van der Waals surface area (Å²) in [7, 11) is 0. The zero-order chi connectivity index (χ0) is 11.5. The maximum absolute atomic E-state index is 3.57. The molecule has 1 aromatic carbocycles. The van der Waals surface area contributed by atoms with Crippen LogP contribution in [-0.2, 0) is 6.54 Å². The van der Waals surface area contributed by atoms with Crippen LogP contribution in [0, 0.1) is 6.92 Å². The van der Waals surface area contributed by atoms with Crippen molar-refractivity contribution < 1.29 is 0 Å². The molecular weight excluding hydrogens is 264 g/mol. The molecule has 2 rings (SSSR count). The highest BCUT2D eigenvalue weighted by Crippen LogP contribution is 2.27. The SMILES string of the molecule is CCCNCc1c(C)[nH]c2c(Br)cccc12. The first kappa shape index (κ1) is 11.7. The van der Waals surface area contributed by atoms with Crippen molar-refractivity contribution in [2.45, 2.75) is 26.8 Å². The number of fused-ring (bicyclic) bond motifs is 1. The van der Waals surface area contributed by atoms with Crippen LogP contribution in [-0.4, -0.2) is 11.5 Å². The second-order valence-corrected chi connectivity index (χ2v) is 4.92. The maximum Gasteiger partial charge on any atom is 0.0603 e. The van der Waals surface area contributed by atoms with Gasteiger partial charge in [0, 0.05) is 22.1 Å². The minimum atomic E-state index is 0.941.